The van der Waals surface area contributed by atoms with Crippen LogP contribution in [0.5, 0.6) is 0 Å². The second-order valence-corrected chi connectivity index (χ2v) is 8.60. The summed E-state index contributed by atoms with van der Waals surface area (Å²) in [5.41, 5.74) is 0.836. The number of nitrogens with one attached hydrogen (secondary N) is 1. The number of benzene rings is 1. The number of rotatable bonds is 6. The van der Waals surface area contributed by atoms with Gasteiger partial charge in [-0.25, -0.2) is 8.42 Å². The van der Waals surface area contributed by atoms with Gasteiger partial charge in [0, 0.05) is 24.7 Å². The molecule has 1 N–H and O–H groups in total. The average Bonchev–Trinajstić information content (AvgIpc) is 2.57. The Morgan fingerprint density at radius 1 is 1.42 bits per heavy atom. The highest BCUT2D eigenvalue weighted by molar-refractivity contribution is 7.89. The van der Waals surface area contributed by atoms with Gasteiger partial charge in [-0.3, -0.25) is 4.79 Å². The van der Waals surface area contributed by atoms with E-state index in [2.05, 4.69) is 12.2 Å². The standard InChI is InChI=1S/C17H25ClN2O3S/c1-3-4-9-19-17(21)14-6-5-10-20(12-14)24(22,23)15-8-7-13(2)16(18)11-15/h7-8,11,14H,3-6,9-10,12H2,1-2H3,(H,19,21). The third kappa shape index (κ3) is 4.49. The van der Waals surface area contributed by atoms with Gasteiger partial charge in [-0.15, -0.1) is 0 Å². The molecule has 0 aromatic heterocycles. The van der Waals surface area contributed by atoms with E-state index < -0.39 is 10.0 Å². The lowest BCUT2D eigenvalue weighted by Crippen LogP contribution is -2.45. The molecule has 1 amide bonds. The Balaban J connectivity index is 2.10. The van der Waals surface area contributed by atoms with E-state index in [1.807, 2.05) is 6.92 Å². The summed E-state index contributed by atoms with van der Waals surface area (Å²) in [6.45, 7) is 5.20. The molecule has 1 aromatic carbocycles. The van der Waals surface area contributed by atoms with Crippen molar-refractivity contribution >= 4 is 27.5 Å². The minimum Gasteiger partial charge on any atom is -0.356 e. The number of aryl methyl sites for hydroxylation is 1. The first-order valence-corrected chi connectivity index (χ1v) is 10.2. The van der Waals surface area contributed by atoms with E-state index in [1.165, 1.54) is 10.4 Å². The maximum atomic E-state index is 12.8. The van der Waals surface area contributed by atoms with E-state index in [1.54, 1.807) is 12.1 Å². The first-order chi connectivity index (χ1) is 11.4. The molecule has 2 rings (SSSR count). The molecular formula is C17H25ClN2O3S. The molecular weight excluding hydrogens is 348 g/mol. The number of carbonyl (C=O) groups is 1. The second-order valence-electron chi connectivity index (χ2n) is 6.26. The van der Waals surface area contributed by atoms with E-state index in [0.29, 0.717) is 24.5 Å². The van der Waals surface area contributed by atoms with Crippen LogP contribution in [0.3, 0.4) is 0 Å². The van der Waals surface area contributed by atoms with Gasteiger partial charge in [0.15, 0.2) is 0 Å². The zero-order valence-electron chi connectivity index (χ0n) is 14.2. The van der Waals surface area contributed by atoms with Gasteiger partial charge in [-0.2, -0.15) is 4.31 Å². The highest BCUT2D eigenvalue weighted by Gasteiger charge is 2.33. The summed E-state index contributed by atoms with van der Waals surface area (Å²) in [7, 11) is -3.62. The van der Waals surface area contributed by atoms with Crippen LogP contribution >= 0.6 is 11.6 Å². The maximum Gasteiger partial charge on any atom is 0.243 e. The van der Waals surface area contributed by atoms with Crippen LogP contribution in [0, 0.1) is 12.8 Å². The number of amides is 1. The molecule has 5 nitrogen and oxygen atoms in total. The molecule has 1 unspecified atom stereocenters. The Labute approximate surface area is 149 Å². The zero-order chi connectivity index (χ0) is 17.7. The van der Waals surface area contributed by atoms with Gasteiger partial charge < -0.3 is 5.32 Å². The predicted molar refractivity (Wildman–Crippen MR) is 95.6 cm³/mol. The van der Waals surface area contributed by atoms with Crippen molar-refractivity contribution in [1.29, 1.82) is 0 Å². The Hall–Kier alpha value is -1.11. The van der Waals surface area contributed by atoms with Crippen molar-refractivity contribution < 1.29 is 13.2 Å². The van der Waals surface area contributed by atoms with Gasteiger partial charge in [-0.05, 0) is 43.9 Å². The van der Waals surface area contributed by atoms with Crippen molar-refractivity contribution in [3.8, 4) is 0 Å². The van der Waals surface area contributed by atoms with Gasteiger partial charge in [0.25, 0.3) is 0 Å². The van der Waals surface area contributed by atoms with E-state index >= 15 is 0 Å². The summed E-state index contributed by atoms with van der Waals surface area (Å²) in [6.07, 6.45) is 3.35. The number of unbranched alkanes of at least 4 members (excludes halogenated alkanes) is 1. The number of halogens is 1. The van der Waals surface area contributed by atoms with Gasteiger partial charge in [0.05, 0.1) is 10.8 Å². The SMILES string of the molecule is CCCCNC(=O)C1CCCN(S(=O)(=O)c2ccc(C)c(Cl)c2)C1. The minimum absolute atomic E-state index is 0.0507. The second kappa shape index (κ2) is 8.32. The lowest BCUT2D eigenvalue weighted by Gasteiger charge is -2.31. The summed E-state index contributed by atoms with van der Waals surface area (Å²) in [6, 6.07) is 4.76. The average molecular weight is 373 g/mol. The molecule has 0 aliphatic carbocycles. The molecule has 134 valence electrons. The Morgan fingerprint density at radius 3 is 2.83 bits per heavy atom. The van der Waals surface area contributed by atoms with Crippen LogP contribution in [-0.4, -0.2) is 38.3 Å². The summed E-state index contributed by atoms with van der Waals surface area (Å²) < 4.78 is 27.0. The molecule has 0 bridgehead atoms. The first kappa shape index (κ1) is 19.2. The van der Waals surface area contributed by atoms with Gasteiger partial charge in [0.1, 0.15) is 0 Å². The molecule has 24 heavy (non-hydrogen) atoms. The fourth-order valence-electron chi connectivity index (χ4n) is 2.79. The third-order valence-electron chi connectivity index (χ3n) is 4.37. The monoisotopic (exact) mass is 372 g/mol. The van der Waals surface area contributed by atoms with Crippen molar-refractivity contribution in [2.75, 3.05) is 19.6 Å². The number of nitrogens with zero attached hydrogens (tertiary/aromatic N) is 1. The Morgan fingerprint density at radius 2 is 2.17 bits per heavy atom. The van der Waals surface area contributed by atoms with Crippen LogP contribution in [0.25, 0.3) is 0 Å². The summed E-state index contributed by atoms with van der Waals surface area (Å²) in [5, 5.41) is 3.33. The third-order valence-corrected chi connectivity index (χ3v) is 6.63. The van der Waals surface area contributed by atoms with Crippen LogP contribution in [0.15, 0.2) is 23.1 Å². The van der Waals surface area contributed by atoms with Crippen LogP contribution in [0.4, 0.5) is 0 Å². The van der Waals surface area contributed by atoms with Crippen molar-refractivity contribution in [1.82, 2.24) is 9.62 Å². The molecule has 0 saturated carbocycles. The van der Waals surface area contributed by atoms with E-state index in [4.69, 9.17) is 11.6 Å². The fourth-order valence-corrected chi connectivity index (χ4v) is 4.59. The van der Waals surface area contributed by atoms with Gasteiger partial charge in [0.2, 0.25) is 15.9 Å². The van der Waals surface area contributed by atoms with E-state index in [0.717, 1.165) is 24.8 Å². The van der Waals surface area contributed by atoms with Gasteiger partial charge in [-0.1, -0.05) is 31.0 Å². The molecule has 1 aliphatic rings. The number of hydrogen-bond donors (Lipinski definition) is 1. The molecule has 1 aromatic rings. The van der Waals surface area contributed by atoms with Gasteiger partial charge >= 0.3 is 0 Å². The lowest BCUT2D eigenvalue weighted by atomic mass is 9.99. The largest absolute Gasteiger partial charge is 0.356 e. The fraction of sp³-hybridized carbons (Fsp3) is 0.588. The van der Waals surface area contributed by atoms with Crippen LogP contribution < -0.4 is 5.32 Å². The molecule has 1 atom stereocenters. The topological polar surface area (TPSA) is 66.5 Å². The number of carbonyl (C=O) groups excluding carboxylic acids is 1. The zero-order valence-corrected chi connectivity index (χ0v) is 15.8. The van der Waals surface area contributed by atoms with E-state index in [-0.39, 0.29) is 23.3 Å². The van der Waals surface area contributed by atoms with Crippen LogP contribution in [0.2, 0.25) is 5.02 Å². The molecule has 1 fully saturated rings. The van der Waals surface area contributed by atoms with Crippen molar-refractivity contribution in [2.24, 2.45) is 5.92 Å². The molecule has 1 saturated heterocycles. The number of sulfonamides is 1. The summed E-state index contributed by atoms with van der Waals surface area (Å²) in [5.74, 6) is -0.336. The van der Waals surface area contributed by atoms with Crippen molar-refractivity contribution in [3.63, 3.8) is 0 Å². The van der Waals surface area contributed by atoms with Crippen LogP contribution in [0.1, 0.15) is 38.2 Å². The highest BCUT2D eigenvalue weighted by atomic mass is 35.5. The number of piperidine rings is 1. The quantitative estimate of drug-likeness (QED) is 0.780. The Kier molecular flexibility index (Phi) is 6.66. The normalized spacial score (nSPS) is 19.2. The molecule has 1 aliphatic heterocycles. The molecule has 1 heterocycles. The summed E-state index contributed by atoms with van der Waals surface area (Å²) in [4.78, 5) is 12.4. The van der Waals surface area contributed by atoms with E-state index in [9.17, 15) is 13.2 Å². The van der Waals surface area contributed by atoms with Crippen molar-refractivity contribution in [2.45, 2.75) is 44.4 Å². The molecule has 0 spiro atoms. The minimum atomic E-state index is -3.62. The van der Waals surface area contributed by atoms with Crippen molar-refractivity contribution in [3.05, 3.63) is 28.8 Å². The molecule has 0 radical (unpaired) electrons. The first-order valence-electron chi connectivity index (χ1n) is 8.40. The number of hydrogen-bond acceptors (Lipinski definition) is 3. The highest BCUT2D eigenvalue weighted by Crippen LogP contribution is 2.26. The Bertz CT molecular complexity index is 691. The lowest BCUT2D eigenvalue weighted by molar-refractivity contribution is -0.126. The summed E-state index contributed by atoms with van der Waals surface area (Å²) >= 11 is 6.06. The van der Waals surface area contributed by atoms with Crippen LogP contribution in [-0.2, 0) is 14.8 Å². The predicted octanol–water partition coefficient (Wildman–Crippen LogP) is 2.97. The smallest absolute Gasteiger partial charge is 0.243 e. The maximum absolute atomic E-state index is 12.8. The molecule has 7 heteroatoms.